The topological polar surface area (TPSA) is 40.5 Å². The standard InChI is InChI=1S/C30H31NO2S/c32-30(33)26-13-12-25-11-10-24-8-4-5-9-27(24)29(28(25)21-26)34-19-18-31-16-14-23(15-17-31)20-22-6-2-1-3-7-22/h1-13,21,23,29H,14-20H2,(H,32,33). The molecule has 0 aromatic heterocycles. The molecule has 1 heterocycles. The first-order chi connectivity index (χ1) is 16.7. The number of fused-ring (bicyclic) bond motifs is 2. The van der Waals surface area contributed by atoms with Crippen LogP contribution in [0.1, 0.15) is 56.3 Å². The van der Waals surface area contributed by atoms with Gasteiger partial charge in [0.15, 0.2) is 0 Å². The molecule has 3 aromatic rings. The number of likely N-dealkylation sites (tertiary alicyclic amines) is 1. The van der Waals surface area contributed by atoms with Gasteiger partial charge in [-0.2, -0.15) is 0 Å². The number of carboxylic acid groups (broad SMARTS) is 1. The highest BCUT2D eigenvalue weighted by molar-refractivity contribution is 7.99. The van der Waals surface area contributed by atoms with Crippen LogP contribution in [-0.2, 0) is 6.42 Å². The number of hydrogen-bond donors (Lipinski definition) is 1. The van der Waals surface area contributed by atoms with E-state index in [2.05, 4.69) is 71.6 Å². The van der Waals surface area contributed by atoms with Gasteiger partial charge in [0.1, 0.15) is 0 Å². The van der Waals surface area contributed by atoms with Crippen LogP contribution in [0.15, 0.2) is 72.8 Å². The third kappa shape index (κ3) is 5.29. The molecule has 34 heavy (non-hydrogen) atoms. The van der Waals surface area contributed by atoms with Crippen molar-refractivity contribution in [1.82, 2.24) is 4.90 Å². The predicted molar refractivity (Wildman–Crippen MR) is 142 cm³/mol. The molecule has 1 N–H and O–H groups in total. The maximum absolute atomic E-state index is 11.7. The van der Waals surface area contributed by atoms with E-state index in [-0.39, 0.29) is 5.25 Å². The summed E-state index contributed by atoms with van der Waals surface area (Å²) in [7, 11) is 0. The molecule has 1 fully saturated rings. The number of piperidine rings is 1. The normalized spacial score (nSPS) is 18.2. The Morgan fingerprint density at radius 2 is 1.59 bits per heavy atom. The minimum absolute atomic E-state index is 0.135. The van der Waals surface area contributed by atoms with E-state index in [1.807, 2.05) is 23.9 Å². The average molecular weight is 470 g/mol. The molecule has 5 rings (SSSR count). The van der Waals surface area contributed by atoms with Gasteiger partial charge in [0, 0.05) is 12.3 Å². The van der Waals surface area contributed by atoms with E-state index >= 15 is 0 Å². The number of aromatic carboxylic acids is 1. The molecular formula is C30H31NO2S. The van der Waals surface area contributed by atoms with Crippen molar-refractivity contribution in [3.8, 4) is 0 Å². The lowest BCUT2D eigenvalue weighted by atomic mass is 9.90. The van der Waals surface area contributed by atoms with Gasteiger partial charge in [-0.1, -0.05) is 72.8 Å². The van der Waals surface area contributed by atoms with Crippen molar-refractivity contribution in [3.63, 3.8) is 0 Å². The van der Waals surface area contributed by atoms with Crippen LogP contribution in [0.2, 0.25) is 0 Å². The van der Waals surface area contributed by atoms with Gasteiger partial charge >= 0.3 is 5.97 Å². The van der Waals surface area contributed by atoms with Crippen LogP contribution in [-0.4, -0.2) is 41.4 Å². The lowest BCUT2D eigenvalue weighted by Gasteiger charge is -2.32. The molecule has 1 atom stereocenters. The molecule has 0 amide bonds. The predicted octanol–water partition coefficient (Wildman–Crippen LogP) is 6.65. The Kier molecular flexibility index (Phi) is 7.17. The molecule has 3 aromatic carbocycles. The van der Waals surface area contributed by atoms with E-state index in [0.29, 0.717) is 5.56 Å². The highest BCUT2D eigenvalue weighted by Crippen LogP contribution is 2.42. The maximum Gasteiger partial charge on any atom is 0.335 e. The maximum atomic E-state index is 11.7. The minimum atomic E-state index is -0.869. The minimum Gasteiger partial charge on any atom is -0.478 e. The largest absolute Gasteiger partial charge is 0.478 e. The highest BCUT2D eigenvalue weighted by Gasteiger charge is 2.24. The summed E-state index contributed by atoms with van der Waals surface area (Å²) in [5, 5.41) is 9.70. The fraction of sp³-hybridized carbons (Fsp3) is 0.300. The zero-order valence-corrected chi connectivity index (χ0v) is 20.2. The summed E-state index contributed by atoms with van der Waals surface area (Å²) in [5.74, 6) is 0.942. The van der Waals surface area contributed by atoms with Gasteiger partial charge in [-0.15, -0.1) is 11.8 Å². The van der Waals surface area contributed by atoms with Crippen LogP contribution in [0, 0.1) is 5.92 Å². The monoisotopic (exact) mass is 469 g/mol. The van der Waals surface area contributed by atoms with Crippen molar-refractivity contribution in [1.29, 1.82) is 0 Å². The first-order valence-electron chi connectivity index (χ1n) is 12.2. The first kappa shape index (κ1) is 22.9. The number of thioether (sulfide) groups is 1. The summed E-state index contributed by atoms with van der Waals surface area (Å²) < 4.78 is 0. The molecule has 174 valence electrons. The second-order valence-corrected chi connectivity index (χ2v) is 10.5. The van der Waals surface area contributed by atoms with Gasteiger partial charge in [-0.05, 0) is 78.2 Å². The summed E-state index contributed by atoms with van der Waals surface area (Å²) in [6.45, 7) is 3.41. The van der Waals surface area contributed by atoms with E-state index < -0.39 is 5.97 Å². The number of carbonyl (C=O) groups is 1. The van der Waals surface area contributed by atoms with Gasteiger partial charge in [-0.3, -0.25) is 0 Å². The second-order valence-electron chi connectivity index (χ2n) is 9.34. The summed E-state index contributed by atoms with van der Waals surface area (Å²) in [6, 6.07) is 24.9. The van der Waals surface area contributed by atoms with Crippen LogP contribution in [0.4, 0.5) is 0 Å². The second kappa shape index (κ2) is 10.6. The third-order valence-corrected chi connectivity index (χ3v) is 8.36. The van der Waals surface area contributed by atoms with E-state index in [4.69, 9.17) is 0 Å². The molecule has 0 radical (unpaired) electrons. The van der Waals surface area contributed by atoms with E-state index in [9.17, 15) is 9.90 Å². The van der Waals surface area contributed by atoms with Crippen molar-refractivity contribution in [3.05, 3.63) is 106 Å². The third-order valence-electron chi connectivity index (χ3n) is 7.10. The van der Waals surface area contributed by atoms with Gasteiger partial charge in [0.25, 0.3) is 0 Å². The molecule has 0 spiro atoms. The number of hydrogen-bond acceptors (Lipinski definition) is 3. The smallest absolute Gasteiger partial charge is 0.335 e. The van der Waals surface area contributed by atoms with E-state index in [0.717, 1.165) is 29.3 Å². The van der Waals surface area contributed by atoms with Crippen LogP contribution in [0.3, 0.4) is 0 Å². The van der Waals surface area contributed by atoms with Gasteiger partial charge < -0.3 is 10.0 Å². The van der Waals surface area contributed by atoms with Crippen molar-refractivity contribution in [2.24, 2.45) is 5.92 Å². The Bertz CT molecular complexity index is 1170. The molecule has 1 saturated heterocycles. The molecule has 2 aliphatic rings. The van der Waals surface area contributed by atoms with Crippen LogP contribution in [0.25, 0.3) is 12.2 Å². The van der Waals surface area contributed by atoms with Crippen molar-refractivity contribution >= 4 is 29.9 Å². The molecule has 1 aliphatic heterocycles. The van der Waals surface area contributed by atoms with Gasteiger partial charge in [-0.25, -0.2) is 4.79 Å². The number of rotatable bonds is 7. The number of carboxylic acids is 1. The Morgan fingerprint density at radius 1 is 0.882 bits per heavy atom. The lowest BCUT2D eigenvalue weighted by molar-refractivity contribution is 0.0696. The molecular weight excluding hydrogens is 438 g/mol. The lowest BCUT2D eigenvalue weighted by Crippen LogP contribution is -2.35. The fourth-order valence-electron chi connectivity index (χ4n) is 5.18. The molecule has 4 heteroatoms. The molecule has 1 aliphatic carbocycles. The van der Waals surface area contributed by atoms with Gasteiger partial charge in [0.05, 0.1) is 10.8 Å². The summed E-state index contributed by atoms with van der Waals surface area (Å²) in [6.07, 6.45) is 8.00. The average Bonchev–Trinajstić information content (AvgIpc) is 3.02. The zero-order valence-electron chi connectivity index (χ0n) is 19.4. The number of nitrogens with zero attached hydrogens (tertiary/aromatic N) is 1. The molecule has 0 bridgehead atoms. The highest BCUT2D eigenvalue weighted by atomic mass is 32.2. The summed E-state index contributed by atoms with van der Waals surface area (Å²) >= 11 is 1.94. The van der Waals surface area contributed by atoms with Crippen LogP contribution in [0.5, 0.6) is 0 Å². The van der Waals surface area contributed by atoms with Crippen molar-refractivity contribution in [2.75, 3.05) is 25.4 Å². The molecule has 3 nitrogen and oxygen atoms in total. The quantitative estimate of drug-likeness (QED) is 0.421. The Balaban J connectivity index is 1.24. The Hall–Kier alpha value is -2.82. The molecule has 0 saturated carbocycles. The van der Waals surface area contributed by atoms with E-state index in [1.165, 1.54) is 49.0 Å². The Morgan fingerprint density at radius 3 is 2.35 bits per heavy atom. The SMILES string of the molecule is O=C(O)c1ccc2c(c1)C(SCCN1CCC(Cc3ccccc3)CC1)c1ccccc1C=C2. The van der Waals surface area contributed by atoms with Crippen molar-refractivity contribution in [2.45, 2.75) is 24.5 Å². The van der Waals surface area contributed by atoms with Crippen LogP contribution < -0.4 is 0 Å². The zero-order chi connectivity index (χ0) is 23.3. The Labute approximate surface area is 206 Å². The van der Waals surface area contributed by atoms with Crippen LogP contribution >= 0.6 is 11.8 Å². The van der Waals surface area contributed by atoms with Gasteiger partial charge in [0.2, 0.25) is 0 Å². The first-order valence-corrected chi connectivity index (χ1v) is 13.2. The fourth-order valence-corrected chi connectivity index (χ4v) is 6.55. The summed E-state index contributed by atoms with van der Waals surface area (Å²) in [5.41, 5.74) is 6.52. The van der Waals surface area contributed by atoms with E-state index in [1.54, 1.807) is 6.07 Å². The number of benzene rings is 3. The summed E-state index contributed by atoms with van der Waals surface area (Å²) in [4.78, 5) is 14.3. The van der Waals surface area contributed by atoms with Crippen molar-refractivity contribution < 1.29 is 9.90 Å². The molecule has 1 unspecified atom stereocenters.